The summed E-state index contributed by atoms with van der Waals surface area (Å²) in [5.41, 5.74) is 1.12. The lowest BCUT2D eigenvalue weighted by atomic mass is 10.1. The number of hydrogen-bond acceptors (Lipinski definition) is 4. The van der Waals surface area contributed by atoms with Gasteiger partial charge in [0, 0.05) is 51.7 Å². The van der Waals surface area contributed by atoms with E-state index in [4.69, 9.17) is 0 Å². The van der Waals surface area contributed by atoms with Crippen molar-refractivity contribution in [3.8, 4) is 0 Å². The molecule has 2 aliphatic rings. The summed E-state index contributed by atoms with van der Waals surface area (Å²) >= 11 is 0. The molecule has 2 aliphatic heterocycles. The third-order valence-electron chi connectivity index (χ3n) is 5.24. The molecule has 1 amide bonds. The Bertz CT molecular complexity index is 525. The minimum absolute atomic E-state index is 0.0916. The lowest BCUT2D eigenvalue weighted by Gasteiger charge is -2.37. The molecule has 1 aromatic rings. The number of rotatable bonds is 6. The maximum absolute atomic E-state index is 12.8. The second-order valence-corrected chi connectivity index (χ2v) is 7.49. The maximum atomic E-state index is 12.8. The highest BCUT2D eigenvalue weighted by Gasteiger charge is 2.36. The van der Waals surface area contributed by atoms with Gasteiger partial charge in [-0.1, -0.05) is 19.9 Å². The molecule has 132 valence electrons. The summed E-state index contributed by atoms with van der Waals surface area (Å²) in [4.78, 5) is 23.8. The first-order chi connectivity index (χ1) is 11.6. The first kappa shape index (κ1) is 17.4. The lowest BCUT2D eigenvalue weighted by molar-refractivity contribution is -0.133. The maximum Gasteiger partial charge on any atom is 0.240 e. The minimum Gasteiger partial charge on any atom is -0.337 e. The lowest BCUT2D eigenvalue weighted by Crippen LogP contribution is -2.52. The van der Waals surface area contributed by atoms with E-state index in [0.29, 0.717) is 12.5 Å². The molecule has 0 saturated carbocycles. The van der Waals surface area contributed by atoms with Crippen molar-refractivity contribution in [1.29, 1.82) is 0 Å². The zero-order chi connectivity index (χ0) is 16.9. The molecule has 24 heavy (non-hydrogen) atoms. The van der Waals surface area contributed by atoms with E-state index in [0.717, 1.165) is 50.6 Å². The quantitative estimate of drug-likeness (QED) is 0.798. The Balaban J connectivity index is 1.48. The highest BCUT2D eigenvalue weighted by atomic mass is 16.2. The third kappa shape index (κ3) is 4.33. The molecule has 1 aromatic heterocycles. The van der Waals surface area contributed by atoms with Gasteiger partial charge in [-0.3, -0.25) is 14.7 Å². The molecule has 3 heterocycles. The van der Waals surface area contributed by atoms with Crippen LogP contribution in [-0.2, 0) is 11.3 Å². The number of aromatic nitrogens is 1. The molecule has 0 spiro atoms. The van der Waals surface area contributed by atoms with Gasteiger partial charge in [-0.25, -0.2) is 0 Å². The molecule has 0 bridgehead atoms. The number of carbonyl (C=O) groups is 1. The Hall–Kier alpha value is -1.46. The van der Waals surface area contributed by atoms with Crippen molar-refractivity contribution in [1.82, 2.24) is 19.7 Å². The number of piperazine rings is 1. The minimum atomic E-state index is 0.0916. The van der Waals surface area contributed by atoms with Gasteiger partial charge in [0.25, 0.3) is 0 Å². The molecule has 2 fully saturated rings. The van der Waals surface area contributed by atoms with Crippen molar-refractivity contribution in [2.45, 2.75) is 39.3 Å². The average molecular weight is 330 g/mol. The topological polar surface area (TPSA) is 39.7 Å². The van der Waals surface area contributed by atoms with Gasteiger partial charge < -0.3 is 9.80 Å². The Morgan fingerprint density at radius 3 is 2.67 bits per heavy atom. The Morgan fingerprint density at radius 1 is 1.21 bits per heavy atom. The average Bonchev–Trinajstić information content (AvgIpc) is 2.95. The highest BCUT2D eigenvalue weighted by molar-refractivity contribution is 5.84. The molecule has 5 nitrogen and oxygen atoms in total. The van der Waals surface area contributed by atoms with E-state index in [1.807, 2.05) is 23.2 Å². The molecule has 0 aliphatic carbocycles. The van der Waals surface area contributed by atoms with Gasteiger partial charge in [0.05, 0.1) is 6.04 Å². The molecular formula is C19H30N4O. The van der Waals surface area contributed by atoms with Crippen molar-refractivity contribution in [2.75, 3.05) is 39.3 Å². The van der Waals surface area contributed by atoms with Crippen LogP contribution in [0.1, 0.15) is 32.3 Å². The van der Waals surface area contributed by atoms with E-state index in [1.54, 1.807) is 6.20 Å². The number of amides is 1. The van der Waals surface area contributed by atoms with E-state index in [1.165, 1.54) is 13.0 Å². The van der Waals surface area contributed by atoms with Gasteiger partial charge in [-0.15, -0.1) is 0 Å². The van der Waals surface area contributed by atoms with Gasteiger partial charge >= 0.3 is 0 Å². The molecule has 0 N–H and O–H groups in total. The predicted molar refractivity (Wildman–Crippen MR) is 95.5 cm³/mol. The van der Waals surface area contributed by atoms with E-state index >= 15 is 0 Å². The van der Waals surface area contributed by atoms with E-state index < -0.39 is 0 Å². The number of hydrogen-bond donors (Lipinski definition) is 0. The standard InChI is InChI=1S/C19H30N4O/c1-16(2)5-8-21-10-12-22(13-11-21)18-6-9-23(19(18)24)15-17-4-3-7-20-14-17/h3-4,7,14,16,18H,5-6,8-13,15H2,1-2H3. The predicted octanol–water partition coefficient (Wildman–Crippen LogP) is 1.85. The summed E-state index contributed by atoms with van der Waals surface area (Å²) in [6.45, 7) is 11.6. The van der Waals surface area contributed by atoms with Crippen molar-refractivity contribution in [3.63, 3.8) is 0 Å². The second-order valence-electron chi connectivity index (χ2n) is 7.49. The van der Waals surface area contributed by atoms with Crippen LogP contribution in [0.25, 0.3) is 0 Å². The molecule has 5 heteroatoms. The first-order valence-corrected chi connectivity index (χ1v) is 9.27. The number of nitrogens with zero attached hydrogens (tertiary/aromatic N) is 4. The van der Waals surface area contributed by atoms with Crippen LogP contribution < -0.4 is 0 Å². The van der Waals surface area contributed by atoms with Crippen LogP contribution in [0.15, 0.2) is 24.5 Å². The summed E-state index contributed by atoms with van der Waals surface area (Å²) in [5, 5.41) is 0. The molecule has 2 saturated heterocycles. The molecular weight excluding hydrogens is 300 g/mol. The fourth-order valence-electron chi connectivity index (χ4n) is 3.67. The van der Waals surface area contributed by atoms with Crippen LogP contribution in [0.3, 0.4) is 0 Å². The summed E-state index contributed by atoms with van der Waals surface area (Å²) in [6.07, 6.45) is 5.86. The monoisotopic (exact) mass is 330 g/mol. The first-order valence-electron chi connectivity index (χ1n) is 9.27. The highest BCUT2D eigenvalue weighted by Crippen LogP contribution is 2.21. The number of carbonyl (C=O) groups excluding carboxylic acids is 1. The SMILES string of the molecule is CC(C)CCN1CCN(C2CCN(Cc3cccnc3)C2=O)CC1. The van der Waals surface area contributed by atoms with Crippen molar-refractivity contribution in [3.05, 3.63) is 30.1 Å². The number of likely N-dealkylation sites (tertiary alicyclic amines) is 1. The van der Waals surface area contributed by atoms with Gasteiger partial charge in [0.2, 0.25) is 5.91 Å². The van der Waals surface area contributed by atoms with Gasteiger partial charge in [0.1, 0.15) is 0 Å². The fraction of sp³-hybridized carbons (Fsp3) is 0.684. The summed E-state index contributed by atoms with van der Waals surface area (Å²) < 4.78 is 0. The van der Waals surface area contributed by atoms with Gasteiger partial charge in [0.15, 0.2) is 0 Å². The van der Waals surface area contributed by atoms with Crippen molar-refractivity contribution in [2.24, 2.45) is 5.92 Å². The van der Waals surface area contributed by atoms with Crippen LogP contribution in [0.2, 0.25) is 0 Å². The normalized spacial score (nSPS) is 23.4. The molecule has 1 unspecified atom stereocenters. The van der Waals surface area contributed by atoms with Crippen molar-refractivity contribution < 1.29 is 4.79 Å². The van der Waals surface area contributed by atoms with Crippen LogP contribution in [0.4, 0.5) is 0 Å². The summed E-state index contributed by atoms with van der Waals surface area (Å²) in [5.74, 6) is 1.06. The Labute approximate surface area is 145 Å². The molecule has 0 radical (unpaired) electrons. The van der Waals surface area contributed by atoms with E-state index in [2.05, 4.69) is 28.6 Å². The largest absolute Gasteiger partial charge is 0.337 e. The smallest absolute Gasteiger partial charge is 0.240 e. The Morgan fingerprint density at radius 2 is 2.00 bits per heavy atom. The molecule has 1 atom stereocenters. The molecule has 3 rings (SSSR count). The molecule has 0 aromatic carbocycles. The van der Waals surface area contributed by atoms with Gasteiger partial charge in [-0.2, -0.15) is 0 Å². The second kappa shape index (κ2) is 8.08. The fourth-order valence-corrected chi connectivity index (χ4v) is 3.67. The van der Waals surface area contributed by atoms with Crippen LogP contribution in [0, 0.1) is 5.92 Å². The van der Waals surface area contributed by atoms with Crippen LogP contribution >= 0.6 is 0 Å². The van der Waals surface area contributed by atoms with Crippen LogP contribution in [0.5, 0.6) is 0 Å². The van der Waals surface area contributed by atoms with Crippen LogP contribution in [-0.4, -0.2) is 70.9 Å². The Kier molecular flexibility index (Phi) is 5.85. The zero-order valence-electron chi connectivity index (χ0n) is 15.0. The summed E-state index contributed by atoms with van der Waals surface area (Å²) in [7, 11) is 0. The number of pyridine rings is 1. The van der Waals surface area contributed by atoms with E-state index in [9.17, 15) is 4.79 Å². The zero-order valence-corrected chi connectivity index (χ0v) is 15.0. The third-order valence-corrected chi connectivity index (χ3v) is 5.24. The van der Waals surface area contributed by atoms with Crippen molar-refractivity contribution >= 4 is 5.91 Å². The van der Waals surface area contributed by atoms with Gasteiger partial charge in [-0.05, 0) is 36.9 Å². The van der Waals surface area contributed by atoms with E-state index in [-0.39, 0.29) is 6.04 Å². The summed E-state index contributed by atoms with van der Waals surface area (Å²) in [6, 6.07) is 4.07.